The number of ether oxygens (including phenoxy) is 2. The van der Waals surface area contributed by atoms with Crippen LogP contribution in [0.25, 0.3) is 0 Å². The highest BCUT2D eigenvalue weighted by atomic mass is 16.7. The molecule has 4 aliphatic rings. The topological polar surface area (TPSA) is 35.5 Å². The van der Waals surface area contributed by atoms with Gasteiger partial charge in [-0.05, 0) is 97.7 Å². The van der Waals surface area contributed by atoms with Gasteiger partial charge in [0, 0.05) is 6.42 Å². The molecule has 0 aromatic heterocycles. The molecule has 0 unspecified atom stereocenters. The second kappa shape index (κ2) is 19.4. The van der Waals surface area contributed by atoms with Crippen molar-refractivity contribution in [3.05, 3.63) is 11.6 Å². The molecule has 0 saturated heterocycles. The van der Waals surface area contributed by atoms with Crippen LogP contribution in [0.15, 0.2) is 11.6 Å². The molecule has 8 atom stereocenters. The second-order valence-electron chi connectivity index (χ2n) is 18.0. The maximum absolute atomic E-state index is 12.6. The zero-order valence-corrected chi connectivity index (χ0v) is 32.2. The van der Waals surface area contributed by atoms with Gasteiger partial charge < -0.3 is 9.47 Å². The minimum absolute atomic E-state index is 0.00822. The van der Waals surface area contributed by atoms with Crippen LogP contribution in [0.1, 0.15) is 202 Å². The van der Waals surface area contributed by atoms with Crippen molar-refractivity contribution in [2.75, 3.05) is 6.61 Å². The fourth-order valence-electron chi connectivity index (χ4n) is 11.4. The van der Waals surface area contributed by atoms with Gasteiger partial charge in [-0.1, -0.05) is 156 Å². The maximum Gasteiger partial charge on any atom is 0.508 e. The van der Waals surface area contributed by atoms with E-state index >= 15 is 0 Å². The Morgan fingerprint density at radius 3 is 2.04 bits per heavy atom. The zero-order chi connectivity index (χ0) is 33.7. The quantitative estimate of drug-likeness (QED) is 0.0702. The first-order valence-corrected chi connectivity index (χ1v) is 21.2. The number of allylic oxidation sites excluding steroid dienone is 1. The molecule has 0 bridgehead atoms. The van der Waals surface area contributed by atoms with Gasteiger partial charge in [-0.25, -0.2) is 4.79 Å². The standard InChI is InChI=1S/C44H78O3/c1-7-8-9-10-11-12-13-14-15-16-17-18-19-20-32-46-42(45)47-37-28-30-43(5)36(33-37)24-25-38-40-27-26-39(35(4)23-21-22-34(2)3)44(40,6)31-29-41(38)43/h24,34-35,37-41H,7-23,25-33H2,1-6H3/t35-,37+,38+,39-,40+,41+,43+,44-/m1/s1. The van der Waals surface area contributed by atoms with Crippen molar-refractivity contribution in [3.63, 3.8) is 0 Å². The lowest BCUT2D eigenvalue weighted by Gasteiger charge is -2.58. The molecule has 0 aliphatic heterocycles. The Hall–Kier alpha value is -0.990. The van der Waals surface area contributed by atoms with Crippen LogP contribution in [0.3, 0.4) is 0 Å². The number of hydrogen-bond donors (Lipinski definition) is 0. The Balaban J connectivity index is 1.10. The normalized spacial score (nSPS) is 32.3. The summed E-state index contributed by atoms with van der Waals surface area (Å²) in [7, 11) is 0. The smallest absolute Gasteiger partial charge is 0.434 e. The Kier molecular flexibility index (Phi) is 16.0. The summed E-state index contributed by atoms with van der Waals surface area (Å²) in [5.74, 6) is 5.17. The van der Waals surface area contributed by atoms with Crippen molar-refractivity contribution in [1.82, 2.24) is 0 Å². The fourth-order valence-corrected chi connectivity index (χ4v) is 11.4. The van der Waals surface area contributed by atoms with Crippen LogP contribution in [0.2, 0.25) is 0 Å². The molecule has 4 rings (SSSR count). The van der Waals surface area contributed by atoms with Gasteiger partial charge in [0.2, 0.25) is 0 Å². The van der Waals surface area contributed by atoms with Crippen LogP contribution in [0, 0.1) is 46.3 Å². The maximum atomic E-state index is 12.6. The van der Waals surface area contributed by atoms with Crippen LogP contribution in [0.4, 0.5) is 4.79 Å². The highest BCUT2D eigenvalue weighted by Gasteiger charge is 2.59. The monoisotopic (exact) mass is 655 g/mol. The van der Waals surface area contributed by atoms with Crippen LogP contribution >= 0.6 is 0 Å². The van der Waals surface area contributed by atoms with Gasteiger partial charge in [-0.15, -0.1) is 0 Å². The molecule has 3 heteroatoms. The predicted molar refractivity (Wildman–Crippen MR) is 200 cm³/mol. The summed E-state index contributed by atoms with van der Waals surface area (Å²) in [5, 5.41) is 0. The number of hydrogen-bond acceptors (Lipinski definition) is 3. The van der Waals surface area contributed by atoms with E-state index in [9.17, 15) is 4.79 Å². The zero-order valence-electron chi connectivity index (χ0n) is 32.2. The molecule has 3 fully saturated rings. The Morgan fingerprint density at radius 2 is 1.40 bits per heavy atom. The fraction of sp³-hybridized carbons (Fsp3) is 0.932. The van der Waals surface area contributed by atoms with E-state index in [0.717, 1.165) is 67.6 Å². The molecule has 0 radical (unpaired) electrons. The number of fused-ring (bicyclic) bond motifs is 5. The lowest BCUT2D eigenvalue weighted by atomic mass is 9.47. The van der Waals surface area contributed by atoms with Crippen molar-refractivity contribution in [1.29, 1.82) is 0 Å². The summed E-state index contributed by atoms with van der Waals surface area (Å²) in [6, 6.07) is 0. The number of unbranched alkanes of at least 4 members (excludes halogenated alkanes) is 13. The molecule has 4 aliphatic carbocycles. The van der Waals surface area contributed by atoms with Crippen molar-refractivity contribution >= 4 is 6.16 Å². The van der Waals surface area contributed by atoms with Crippen molar-refractivity contribution < 1.29 is 14.3 Å². The molecule has 0 aromatic carbocycles. The average molecular weight is 655 g/mol. The van der Waals surface area contributed by atoms with Gasteiger partial charge in [0.25, 0.3) is 0 Å². The molecule has 3 nitrogen and oxygen atoms in total. The lowest BCUT2D eigenvalue weighted by Crippen LogP contribution is -2.51. The molecule has 272 valence electrons. The first-order valence-electron chi connectivity index (χ1n) is 21.2. The predicted octanol–water partition coefficient (Wildman–Crippen LogP) is 14.0. The highest BCUT2D eigenvalue weighted by Crippen LogP contribution is 2.67. The van der Waals surface area contributed by atoms with E-state index < -0.39 is 6.16 Å². The van der Waals surface area contributed by atoms with Gasteiger partial charge in [-0.3, -0.25) is 0 Å². The van der Waals surface area contributed by atoms with Crippen LogP contribution in [-0.4, -0.2) is 18.9 Å². The number of rotatable bonds is 21. The third-order valence-electron chi connectivity index (χ3n) is 14.2. The van der Waals surface area contributed by atoms with Gasteiger partial charge in [-0.2, -0.15) is 0 Å². The Morgan fingerprint density at radius 1 is 0.766 bits per heavy atom. The number of carbonyl (C=O) groups is 1. The minimum atomic E-state index is -0.435. The molecule has 0 amide bonds. The van der Waals surface area contributed by atoms with Crippen LogP contribution in [-0.2, 0) is 9.47 Å². The van der Waals surface area contributed by atoms with Gasteiger partial charge in [0.1, 0.15) is 6.10 Å². The van der Waals surface area contributed by atoms with Crippen molar-refractivity contribution in [2.24, 2.45) is 46.3 Å². The minimum Gasteiger partial charge on any atom is -0.434 e. The molecule has 0 spiro atoms. The van der Waals surface area contributed by atoms with Crippen LogP contribution < -0.4 is 0 Å². The first-order chi connectivity index (χ1) is 22.7. The summed E-state index contributed by atoms with van der Waals surface area (Å²) in [5.41, 5.74) is 2.43. The Bertz CT molecular complexity index is 938. The van der Waals surface area contributed by atoms with Gasteiger partial charge >= 0.3 is 6.16 Å². The van der Waals surface area contributed by atoms with E-state index in [1.54, 1.807) is 5.57 Å². The largest absolute Gasteiger partial charge is 0.508 e. The van der Waals surface area contributed by atoms with Crippen molar-refractivity contribution in [2.45, 2.75) is 208 Å². The molecular weight excluding hydrogens is 576 g/mol. The second-order valence-corrected chi connectivity index (χ2v) is 18.0. The summed E-state index contributed by atoms with van der Waals surface area (Å²) in [6.07, 6.45) is 35.1. The Labute approximate surface area is 292 Å². The lowest BCUT2D eigenvalue weighted by molar-refractivity contribution is -0.0617. The van der Waals surface area contributed by atoms with E-state index in [0.29, 0.717) is 17.4 Å². The van der Waals surface area contributed by atoms with Gasteiger partial charge in [0.15, 0.2) is 0 Å². The molecule has 3 saturated carbocycles. The van der Waals surface area contributed by atoms with E-state index in [-0.39, 0.29) is 6.10 Å². The van der Waals surface area contributed by atoms with Gasteiger partial charge in [0.05, 0.1) is 6.61 Å². The summed E-state index contributed by atoms with van der Waals surface area (Å²) in [6.45, 7) is 15.4. The summed E-state index contributed by atoms with van der Waals surface area (Å²) in [4.78, 5) is 12.6. The van der Waals surface area contributed by atoms with Crippen molar-refractivity contribution in [3.8, 4) is 0 Å². The van der Waals surface area contributed by atoms with E-state index in [1.165, 1.54) is 128 Å². The first kappa shape index (κ1) is 38.8. The van der Waals surface area contributed by atoms with E-state index in [2.05, 4.69) is 47.6 Å². The molecule has 0 aromatic rings. The summed E-state index contributed by atoms with van der Waals surface area (Å²) < 4.78 is 11.5. The van der Waals surface area contributed by atoms with E-state index in [1.807, 2.05) is 0 Å². The third-order valence-corrected chi connectivity index (χ3v) is 14.2. The number of carbonyl (C=O) groups excluding carboxylic acids is 1. The third kappa shape index (κ3) is 10.7. The summed E-state index contributed by atoms with van der Waals surface area (Å²) >= 11 is 0. The van der Waals surface area contributed by atoms with E-state index in [4.69, 9.17) is 9.47 Å². The molecule has 0 N–H and O–H groups in total. The van der Waals surface area contributed by atoms with Crippen LogP contribution in [0.5, 0.6) is 0 Å². The molecule has 0 heterocycles. The SMILES string of the molecule is CCCCCCCCCCCCCCCCOC(=O)O[C@H]1CC[C@@]2(C)C(=CC[C@H]3[C@@H]4CC[C@H]([C@H](C)CCCC(C)C)[C@@]4(C)CC[C@@H]32)C1. The molecule has 47 heavy (non-hydrogen) atoms. The average Bonchev–Trinajstić information content (AvgIpc) is 3.40. The highest BCUT2D eigenvalue weighted by molar-refractivity contribution is 5.60. The molecular formula is C44H78O3.